The summed E-state index contributed by atoms with van der Waals surface area (Å²) in [6.45, 7) is 6.42. The predicted molar refractivity (Wildman–Crippen MR) is 98.4 cm³/mol. The number of hydrogen-bond donors (Lipinski definition) is 0. The van der Waals surface area contributed by atoms with Crippen molar-refractivity contribution < 1.29 is 14.3 Å². The van der Waals surface area contributed by atoms with Crippen LogP contribution in [0.3, 0.4) is 0 Å². The molecule has 0 unspecified atom stereocenters. The summed E-state index contributed by atoms with van der Waals surface area (Å²) in [5, 5.41) is 0.388. The van der Waals surface area contributed by atoms with Gasteiger partial charge in [0.2, 0.25) is 0 Å². The van der Waals surface area contributed by atoms with Gasteiger partial charge in [-0.1, -0.05) is 50.9 Å². The monoisotopic (exact) mass is 369 g/mol. The Bertz CT molecular complexity index is 593. The maximum absolute atomic E-state index is 13.0. The van der Waals surface area contributed by atoms with Crippen LogP contribution in [0.5, 0.6) is 0 Å². The topological polar surface area (TPSA) is 46.6 Å². The maximum Gasteiger partial charge on any atom is 0.329 e. The molecule has 2 rings (SSSR count). The highest BCUT2D eigenvalue weighted by molar-refractivity contribution is 8.00. The second kappa shape index (κ2) is 8.77. The predicted octanol–water partition coefficient (Wildman–Crippen LogP) is 4.22. The summed E-state index contributed by atoms with van der Waals surface area (Å²) in [6, 6.07) is 6.42. The van der Waals surface area contributed by atoms with E-state index in [9.17, 15) is 9.59 Å². The van der Waals surface area contributed by atoms with Crippen molar-refractivity contribution in [1.82, 2.24) is 4.90 Å². The van der Waals surface area contributed by atoms with Gasteiger partial charge in [0.25, 0.3) is 5.91 Å². The first-order chi connectivity index (χ1) is 11.5. The van der Waals surface area contributed by atoms with Crippen molar-refractivity contribution in [2.24, 2.45) is 5.92 Å². The summed E-state index contributed by atoms with van der Waals surface area (Å²) < 4.78 is 5.38. The number of halogens is 1. The quantitative estimate of drug-likeness (QED) is 0.704. The lowest BCUT2D eigenvalue weighted by Gasteiger charge is -2.28. The second-order valence-electron chi connectivity index (χ2n) is 6.31. The van der Waals surface area contributed by atoms with Crippen LogP contribution in [0.25, 0.3) is 0 Å². The zero-order valence-electron chi connectivity index (χ0n) is 14.3. The van der Waals surface area contributed by atoms with E-state index in [-0.39, 0.29) is 23.2 Å². The van der Waals surface area contributed by atoms with Crippen LogP contribution < -0.4 is 0 Å². The van der Waals surface area contributed by atoms with Crippen LogP contribution in [0.2, 0.25) is 5.02 Å². The van der Waals surface area contributed by atoms with Crippen molar-refractivity contribution in [3.8, 4) is 0 Å². The Kier molecular flexibility index (Phi) is 6.99. The van der Waals surface area contributed by atoms with Crippen LogP contribution in [-0.4, -0.2) is 40.6 Å². The second-order valence-corrected chi connectivity index (χ2v) is 7.93. The Hall–Kier alpha value is -1.20. The molecule has 0 saturated carbocycles. The van der Waals surface area contributed by atoms with Crippen molar-refractivity contribution in [2.45, 2.75) is 45.0 Å². The van der Waals surface area contributed by atoms with E-state index in [4.69, 9.17) is 16.3 Å². The first-order valence-corrected chi connectivity index (χ1v) is 9.73. The van der Waals surface area contributed by atoms with Gasteiger partial charge in [0, 0.05) is 5.75 Å². The smallest absolute Gasteiger partial charge is 0.329 e. The number of nitrogens with zero attached hydrogens (tertiary/aromatic N) is 1. The molecular formula is C18H24ClNO3S. The zero-order chi connectivity index (χ0) is 17.7. The van der Waals surface area contributed by atoms with Gasteiger partial charge in [0.15, 0.2) is 0 Å². The molecule has 0 aliphatic carbocycles. The van der Waals surface area contributed by atoms with E-state index >= 15 is 0 Å². The van der Waals surface area contributed by atoms with Crippen LogP contribution in [-0.2, 0) is 9.53 Å². The molecule has 0 N–H and O–H groups in total. The molecule has 1 amide bonds. The van der Waals surface area contributed by atoms with Crippen molar-refractivity contribution in [3.05, 3.63) is 34.9 Å². The number of esters is 1. The Morgan fingerprint density at radius 3 is 2.71 bits per heavy atom. The van der Waals surface area contributed by atoms with Crippen LogP contribution in [0, 0.1) is 5.92 Å². The van der Waals surface area contributed by atoms with Crippen molar-refractivity contribution in [2.75, 3.05) is 12.4 Å². The van der Waals surface area contributed by atoms with E-state index < -0.39 is 6.04 Å². The van der Waals surface area contributed by atoms with Gasteiger partial charge < -0.3 is 9.64 Å². The largest absolute Gasteiger partial charge is 0.464 e. The highest BCUT2D eigenvalue weighted by atomic mass is 35.5. The fraction of sp³-hybridized carbons (Fsp3) is 0.556. The molecule has 0 spiro atoms. The third-order valence-electron chi connectivity index (χ3n) is 3.80. The van der Waals surface area contributed by atoms with Crippen molar-refractivity contribution in [1.29, 1.82) is 0 Å². The third-order valence-corrected chi connectivity index (χ3v) is 5.48. The molecule has 1 aromatic rings. The molecule has 24 heavy (non-hydrogen) atoms. The van der Waals surface area contributed by atoms with Crippen molar-refractivity contribution in [3.63, 3.8) is 0 Å². The normalized spacial score (nSPS) is 20.5. The number of carbonyl (C=O) groups excluding carboxylic acids is 2. The van der Waals surface area contributed by atoms with Gasteiger partial charge in [0.05, 0.1) is 22.6 Å². The molecule has 1 aliphatic heterocycles. The molecule has 1 heterocycles. The van der Waals surface area contributed by atoms with Crippen LogP contribution in [0.4, 0.5) is 0 Å². The molecule has 132 valence electrons. The molecule has 0 radical (unpaired) electrons. The molecule has 1 saturated heterocycles. The lowest BCUT2D eigenvalue weighted by Crippen LogP contribution is -2.46. The molecule has 0 aromatic heterocycles. The van der Waals surface area contributed by atoms with Gasteiger partial charge in [-0.2, -0.15) is 0 Å². The maximum atomic E-state index is 13.0. The summed E-state index contributed by atoms with van der Waals surface area (Å²) in [6.07, 6.45) is 1.78. The number of carbonyl (C=O) groups is 2. The number of benzene rings is 1. The van der Waals surface area contributed by atoms with Gasteiger partial charge in [0.1, 0.15) is 6.04 Å². The summed E-state index contributed by atoms with van der Waals surface area (Å²) in [5.74, 6) is 0.311. The van der Waals surface area contributed by atoms with Crippen LogP contribution in [0.1, 0.15) is 44.0 Å². The van der Waals surface area contributed by atoms with Gasteiger partial charge >= 0.3 is 5.97 Å². The summed E-state index contributed by atoms with van der Waals surface area (Å²) >= 11 is 7.82. The Labute approximate surface area is 152 Å². The summed E-state index contributed by atoms with van der Waals surface area (Å²) in [7, 11) is 0. The standard InChI is InChI=1S/C18H24ClNO3S/c1-4-7-16-20(17(21)13-8-5-6-9-14(13)19)15(11-24-16)18(22)23-10-12(2)3/h5-6,8-9,12,15-16H,4,7,10-11H2,1-3H3/t15-,16-/m1/s1. The van der Waals surface area contributed by atoms with Gasteiger partial charge in [-0.25, -0.2) is 4.79 Å². The van der Waals surface area contributed by atoms with Gasteiger partial charge in [-0.15, -0.1) is 11.8 Å². The molecule has 1 aliphatic rings. The minimum absolute atomic E-state index is 0.0182. The van der Waals surface area contributed by atoms with E-state index in [0.717, 1.165) is 12.8 Å². The fourth-order valence-electron chi connectivity index (χ4n) is 2.61. The van der Waals surface area contributed by atoms with Crippen LogP contribution in [0.15, 0.2) is 24.3 Å². The number of thioether (sulfide) groups is 1. The average molecular weight is 370 g/mol. The minimum atomic E-state index is -0.547. The highest BCUT2D eigenvalue weighted by Crippen LogP contribution is 2.35. The fourth-order valence-corrected chi connectivity index (χ4v) is 4.33. The van der Waals surface area contributed by atoms with Crippen molar-refractivity contribution >= 4 is 35.2 Å². The van der Waals surface area contributed by atoms with Gasteiger partial charge in [-0.05, 0) is 24.5 Å². The number of ether oxygens (including phenoxy) is 1. The van der Waals surface area contributed by atoms with E-state index in [0.29, 0.717) is 22.9 Å². The number of hydrogen-bond acceptors (Lipinski definition) is 4. The van der Waals surface area contributed by atoms with E-state index in [1.165, 1.54) is 0 Å². The first kappa shape index (κ1) is 19.1. The number of amides is 1. The highest BCUT2D eigenvalue weighted by Gasteiger charge is 2.42. The lowest BCUT2D eigenvalue weighted by molar-refractivity contribution is -0.149. The Morgan fingerprint density at radius 2 is 2.08 bits per heavy atom. The van der Waals surface area contributed by atoms with Crippen LogP contribution >= 0.6 is 23.4 Å². The number of rotatable bonds is 6. The zero-order valence-corrected chi connectivity index (χ0v) is 15.9. The SMILES string of the molecule is CCC[C@H]1SC[C@H](C(=O)OCC(C)C)N1C(=O)c1ccccc1Cl. The van der Waals surface area contributed by atoms with E-state index in [1.54, 1.807) is 40.9 Å². The van der Waals surface area contributed by atoms with E-state index in [1.807, 2.05) is 13.8 Å². The molecule has 0 bridgehead atoms. The molecule has 2 atom stereocenters. The molecule has 1 fully saturated rings. The summed E-state index contributed by atoms with van der Waals surface area (Å²) in [4.78, 5) is 27.2. The molecule has 6 heteroatoms. The lowest BCUT2D eigenvalue weighted by atomic mass is 10.1. The Balaban J connectivity index is 2.23. The first-order valence-electron chi connectivity index (χ1n) is 8.31. The average Bonchev–Trinajstić information content (AvgIpc) is 2.96. The third kappa shape index (κ3) is 4.45. The Morgan fingerprint density at radius 1 is 1.38 bits per heavy atom. The van der Waals surface area contributed by atoms with E-state index in [2.05, 4.69) is 6.92 Å². The molecule has 4 nitrogen and oxygen atoms in total. The summed E-state index contributed by atoms with van der Waals surface area (Å²) in [5.41, 5.74) is 0.435. The minimum Gasteiger partial charge on any atom is -0.464 e. The van der Waals surface area contributed by atoms with Gasteiger partial charge in [-0.3, -0.25) is 4.79 Å². The molecule has 1 aromatic carbocycles. The molecular weight excluding hydrogens is 346 g/mol.